The summed E-state index contributed by atoms with van der Waals surface area (Å²) in [7, 11) is 0. The van der Waals surface area contributed by atoms with Gasteiger partial charge in [0.15, 0.2) is 11.1 Å². The molecule has 0 bridgehead atoms. The lowest BCUT2D eigenvalue weighted by Crippen LogP contribution is -2.29. The lowest BCUT2D eigenvalue weighted by Gasteiger charge is -2.26. The van der Waals surface area contributed by atoms with Crippen molar-refractivity contribution >= 4 is 11.1 Å². The van der Waals surface area contributed by atoms with E-state index < -0.39 is 11.1 Å². The first-order valence-corrected chi connectivity index (χ1v) is 5.95. The summed E-state index contributed by atoms with van der Waals surface area (Å²) in [6.07, 6.45) is 2.31. The molecule has 0 aromatic rings. The molecule has 2 nitrogen and oxygen atoms in total. The van der Waals surface area contributed by atoms with E-state index in [-0.39, 0.29) is 6.10 Å². The minimum Gasteiger partial charge on any atom is -0.286 e. The molecule has 0 radical (unpaired) electrons. The van der Waals surface area contributed by atoms with Crippen molar-refractivity contribution in [2.45, 2.75) is 32.8 Å². The van der Waals surface area contributed by atoms with Gasteiger partial charge in [0.1, 0.15) is 0 Å². The van der Waals surface area contributed by atoms with Gasteiger partial charge in [-0.25, -0.2) is 4.21 Å². The van der Waals surface area contributed by atoms with Gasteiger partial charge in [0, 0.05) is 5.92 Å². The van der Waals surface area contributed by atoms with Gasteiger partial charge in [-0.3, -0.25) is 4.18 Å². The molecule has 3 atom stereocenters. The van der Waals surface area contributed by atoms with E-state index in [2.05, 4.69) is 20.4 Å². The van der Waals surface area contributed by atoms with Gasteiger partial charge in [-0.2, -0.15) is 0 Å². The second-order valence-corrected chi connectivity index (χ2v) is 6.01. The zero-order chi connectivity index (χ0) is 9.64. The molecule has 13 heavy (non-hydrogen) atoms. The van der Waals surface area contributed by atoms with Gasteiger partial charge in [0.25, 0.3) is 0 Å². The molecule has 1 aliphatic heterocycles. The van der Waals surface area contributed by atoms with Crippen molar-refractivity contribution in [3.8, 4) is 0 Å². The Morgan fingerprint density at radius 2 is 2.23 bits per heavy atom. The van der Waals surface area contributed by atoms with Gasteiger partial charge < -0.3 is 0 Å². The quantitative estimate of drug-likeness (QED) is 0.559. The maximum atomic E-state index is 11.3. The van der Waals surface area contributed by atoms with Crippen LogP contribution in [0.15, 0.2) is 12.2 Å². The van der Waals surface area contributed by atoms with Crippen molar-refractivity contribution < 1.29 is 8.39 Å². The third-order valence-electron chi connectivity index (χ3n) is 3.03. The van der Waals surface area contributed by atoms with Gasteiger partial charge >= 0.3 is 0 Å². The molecule has 2 fully saturated rings. The summed E-state index contributed by atoms with van der Waals surface area (Å²) < 4.78 is 16.7. The maximum Gasteiger partial charge on any atom is 0.159 e. The van der Waals surface area contributed by atoms with Crippen molar-refractivity contribution in [3.05, 3.63) is 12.2 Å². The fourth-order valence-corrected chi connectivity index (χ4v) is 3.50. The zero-order valence-corrected chi connectivity index (χ0v) is 9.02. The van der Waals surface area contributed by atoms with Crippen LogP contribution in [0.4, 0.5) is 0 Å². The van der Waals surface area contributed by atoms with Crippen LogP contribution in [0, 0.1) is 11.3 Å². The van der Waals surface area contributed by atoms with E-state index in [0.29, 0.717) is 17.1 Å². The van der Waals surface area contributed by atoms with Gasteiger partial charge in [-0.15, -0.1) is 0 Å². The Morgan fingerprint density at radius 1 is 1.54 bits per heavy atom. The minimum atomic E-state index is -1.11. The first-order chi connectivity index (χ1) is 5.98. The molecule has 1 saturated carbocycles. The average Bonchev–Trinajstić information content (AvgIpc) is 2.23. The molecule has 1 unspecified atom stereocenters. The minimum absolute atomic E-state index is 0.164. The molecular weight excluding hydrogens is 184 g/mol. The monoisotopic (exact) mass is 200 g/mol. The van der Waals surface area contributed by atoms with Crippen LogP contribution >= 0.6 is 0 Å². The van der Waals surface area contributed by atoms with E-state index in [4.69, 9.17) is 4.18 Å². The van der Waals surface area contributed by atoms with Crippen LogP contribution in [0.25, 0.3) is 0 Å². The second kappa shape index (κ2) is 2.92. The molecule has 0 amide bonds. The van der Waals surface area contributed by atoms with Crippen molar-refractivity contribution in [1.82, 2.24) is 0 Å². The molecule has 1 heterocycles. The van der Waals surface area contributed by atoms with E-state index in [0.717, 1.165) is 18.4 Å². The van der Waals surface area contributed by atoms with Gasteiger partial charge in [0.05, 0.1) is 11.9 Å². The fourth-order valence-electron chi connectivity index (χ4n) is 2.44. The molecule has 0 aromatic heterocycles. The molecule has 3 heteroatoms. The van der Waals surface area contributed by atoms with Crippen molar-refractivity contribution in [3.63, 3.8) is 0 Å². The first-order valence-electron chi connectivity index (χ1n) is 4.71. The maximum absolute atomic E-state index is 11.3. The Bertz CT molecular complexity index is 270. The highest BCUT2D eigenvalue weighted by atomic mass is 32.2. The molecule has 0 aromatic carbocycles. The largest absolute Gasteiger partial charge is 0.286 e. The lowest BCUT2D eigenvalue weighted by molar-refractivity contribution is 0.179. The van der Waals surface area contributed by atoms with Crippen LogP contribution < -0.4 is 0 Å². The number of fused-ring (bicyclic) bond motifs is 1. The summed E-state index contributed by atoms with van der Waals surface area (Å²) in [5.41, 5.74) is 1.45. The van der Waals surface area contributed by atoms with Crippen molar-refractivity contribution in [2.24, 2.45) is 11.3 Å². The van der Waals surface area contributed by atoms with E-state index >= 15 is 0 Å². The van der Waals surface area contributed by atoms with Gasteiger partial charge in [0.2, 0.25) is 0 Å². The van der Waals surface area contributed by atoms with Gasteiger partial charge in [-0.05, 0) is 18.3 Å². The smallest absolute Gasteiger partial charge is 0.159 e. The SMILES string of the molecule is C=C1CS(=O)O[C@H]2CC(C)(C)C[C@H]12. The third-order valence-corrected chi connectivity index (χ3v) is 4.10. The van der Waals surface area contributed by atoms with E-state index in [1.807, 2.05) is 0 Å². The van der Waals surface area contributed by atoms with Crippen LogP contribution in [-0.2, 0) is 15.3 Å². The normalized spacial score (nSPS) is 43.2. The molecule has 0 spiro atoms. The van der Waals surface area contributed by atoms with E-state index in [9.17, 15) is 4.21 Å². The second-order valence-electron chi connectivity index (χ2n) is 4.92. The van der Waals surface area contributed by atoms with Crippen LogP contribution in [0.5, 0.6) is 0 Å². The number of hydrogen-bond donors (Lipinski definition) is 0. The Labute approximate surface area is 82.0 Å². The molecule has 1 aliphatic carbocycles. The van der Waals surface area contributed by atoms with Crippen molar-refractivity contribution in [2.75, 3.05) is 5.75 Å². The van der Waals surface area contributed by atoms with Crippen LogP contribution in [0.3, 0.4) is 0 Å². The highest BCUT2D eigenvalue weighted by Crippen LogP contribution is 2.47. The Morgan fingerprint density at radius 3 is 2.92 bits per heavy atom. The van der Waals surface area contributed by atoms with Gasteiger partial charge in [-0.1, -0.05) is 26.0 Å². The fraction of sp³-hybridized carbons (Fsp3) is 0.800. The average molecular weight is 200 g/mol. The molecule has 2 rings (SSSR count). The standard InChI is InChI=1S/C10H16O2S/c1-7-6-13(11)12-9-5-10(2,3)4-8(7)9/h8-9H,1,4-6H2,2-3H3/t8-,9+,13?/m1/s1. The highest BCUT2D eigenvalue weighted by Gasteiger charge is 2.44. The lowest BCUT2D eigenvalue weighted by atomic mass is 9.89. The predicted molar refractivity (Wildman–Crippen MR) is 53.5 cm³/mol. The molecule has 1 saturated heterocycles. The third kappa shape index (κ3) is 1.72. The Balaban J connectivity index is 2.19. The topological polar surface area (TPSA) is 26.3 Å². The molecule has 2 aliphatic rings. The summed E-state index contributed by atoms with van der Waals surface area (Å²) in [4.78, 5) is 0. The summed E-state index contributed by atoms with van der Waals surface area (Å²) >= 11 is -1.11. The predicted octanol–water partition coefficient (Wildman–Crippen LogP) is 2.04. The molecule has 74 valence electrons. The van der Waals surface area contributed by atoms with E-state index in [1.54, 1.807) is 0 Å². The van der Waals surface area contributed by atoms with Crippen LogP contribution in [0.1, 0.15) is 26.7 Å². The number of rotatable bonds is 0. The summed E-state index contributed by atoms with van der Waals surface area (Å²) in [5, 5.41) is 0. The highest BCUT2D eigenvalue weighted by molar-refractivity contribution is 7.80. The summed E-state index contributed by atoms with van der Waals surface area (Å²) in [6, 6.07) is 0. The summed E-state index contributed by atoms with van der Waals surface area (Å²) in [6.45, 7) is 8.48. The van der Waals surface area contributed by atoms with Crippen molar-refractivity contribution in [1.29, 1.82) is 0 Å². The molecule has 0 N–H and O–H groups in total. The number of hydrogen-bond acceptors (Lipinski definition) is 2. The first kappa shape index (κ1) is 9.41. The Kier molecular flexibility index (Phi) is 2.11. The Hall–Kier alpha value is -0.150. The zero-order valence-electron chi connectivity index (χ0n) is 8.21. The van der Waals surface area contributed by atoms with Crippen LogP contribution in [0.2, 0.25) is 0 Å². The van der Waals surface area contributed by atoms with Crippen LogP contribution in [-0.4, -0.2) is 16.1 Å². The molecular formula is C10H16O2S. The van der Waals surface area contributed by atoms with E-state index in [1.165, 1.54) is 0 Å². The summed E-state index contributed by atoms with van der Waals surface area (Å²) in [5.74, 6) is 0.991.